The minimum Gasteiger partial charge on any atom is -0.449 e. The van der Waals surface area contributed by atoms with E-state index in [0.717, 1.165) is 19.3 Å². The van der Waals surface area contributed by atoms with Gasteiger partial charge in [0.05, 0.1) is 10.5 Å². The first-order valence-corrected chi connectivity index (χ1v) is 11.7. The van der Waals surface area contributed by atoms with Gasteiger partial charge >= 0.3 is 5.97 Å². The van der Waals surface area contributed by atoms with Crippen molar-refractivity contribution in [2.24, 2.45) is 0 Å². The van der Waals surface area contributed by atoms with E-state index in [4.69, 9.17) is 4.74 Å². The van der Waals surface area contributed by atoms with E-state index in [-0.39, 0.29) is 28.4 Å². The number of carbonyl (C=O) groups is 2. The molecule has 1 amide bonds. The van der Waals surface area contributed by atoms with E-state index in [2.05, 4.69) is 0 Å². The lowest BCUT2D eigenvalue weighted by Gasteiger charge is -2.40. The molecule has 0 aromatic heterocycles. The lowest BCUT2D eigenvalue weighted by molar-refractivity contribution is -0.146. The van der Waals surface area contributed by atoms with Crippen LogP contribution < -0.4 is 0 Å². The monoisotopic (exact) mass is 424 g/mol. The Hall–Kier alpha value is -1.93. The molecule has 1 saturated heterocycles. The molecular weight excluding hydrogens is 392 g/mol. The predicted molar refractivity (Wildman–Crippen MR) is 111 cm³/mol. The number of benzene rings is 1. The molecule has 0 spiro atoms. The molecule has 1 aromatic carbocycles. The number of amides is 1. The van der Waals surface area contributed by atoms with Crippen molar-refractivity contribution in [3.05, 3.63) is 29.8 Å². The third-order valence-corrected chi connectivity index (χ3v) is 7.58. The Morgan fingerprint density at radius 2 is 1.62 bits per heavy atom. The number of nitrogens with zero attached hydrogens (tertiary/aromatic N) is 2. The molecule has 3 atom stereocenters. The van der Waals surface area contributed by atoms with Gasteiger partial charge in [-0.25, -0.2) is 13.2 Å². The zero-order valence-corrected chi connectivity index (χ0v) is 18.7. The van der Waals surface area contributed by atoms with E-state index in [1.807, 2.05) is 13.8 Å². The summed E-state index contributed by atoms with van der Waals surface area (Å²) in [4.78, 5) is 27.2. The highest BCUT2D eigenvalue weighted by Gasteiger charge is 2.33. The van der Waals surface area contributed by atoms with Crippen LogP contribution in [-0.2, 0) is 19.6 Å². The van der Waals surface area contributed by atoms with E-state index in [9.17, 15) is 18.0 Å². The first kappa shape index (κ1) is 23.3. The fourth-order valence-electron chi connectivity index (χ4n) is 3.82. The number of ether oxygens (including phenoxy) is 1. The van der Waals surface area contributed by atoms with Crippen LogP contribution in [0.2, 0.25) is 0 Å². The molecule has 29 heavy (non-hydrogen) atoms. The van der Waals surface area contributed by atoms with Crippen LogP contribution >= 0.6 is 0 Å². The first-order valence-electron chi connectivity index (χ1n) is 10.3. The second-order valence-electron chi connectivity index (χ2n) is 7.54. The molecule has 0 saturated carbocycles. The Morgan fingerprint density at radius 3 is 2.10 bits per heavy atom. The Balaban J connectivity index is 2.08. The van der Waals surface area contributed by atoms with Crippen LogP contribution in [0.15, 0.2) is 29.2 Å². The number of esters is 1. The van der Waals surface area contributed by atoms with E-state index < -0.39 is 22.1 Å². The van der Waals surface area contributed by atoms with Gasteiger partial charge in [0, 0.05) is 25.2 Å². The molecule has 7 nitrogen and oxygen atoms in total. The smallest absolute Gasteiger partial charge is 0.338 e. The number of hydrogen-bond donors (Lipinski definition) is 0. The van der Waals surface area contributed by atoms with Crippen LogP contribution in [-0.4, -0.2) is 60.8 Å². The van der Waals surface area contributed by atoms with Gasteiger partial charge in [-0.1, -0.05) is 13.8 Å². The summed E-state index contributed by atoms with van der Waals surface area (Å²) >= 11 is 0. The fraction of sp³-hybridized carbons (Fsp3) is 0.619. The molecule has 0 bridgehead atoms. The normalized spacial score (nSPS) is 21.1. The highest BCUT2D eigenvalue weighted by atomic mass is 32.2. The van der Waals surface area contributed by atoms with Crippen LogP contribution in [0.3, 0.4) is 0 Å². The lowest BCUT2D eigenvalue weighted by atomic mass is 9.97. The van der Waals surface area contributed by atoms with Crippen molar-refractivity contribution in [2.45, 2.75) is 77.0 Å². The van der Waals surface area contributed by atoms with Gasteiger partial charge in [-0.2, -0.15) is 4.31 Å². The summed E-state index contributed by atoms with van der Waals surface area (Å²) in [5, 5.41) is 0. The van der Waals surface area contributed by atoms with Crippen molar-refractivity contribution in [3.63, 3.8) is 0 Å². The number of carbonyl (C=O) groups excluding carboxylic acids is 2. The van der Waals surface area contributed by atoms with Crippen molar-refractivity contribution >= 4 is 21.9 Å². The van der Waals surface area contributed by atoms with Gasteiger partial charge in [-0.15, -0.1) is 0 Å². The predicted octanol–water partition coefficient (Wildman–Crippen LogP) is 3.05. The molecule has 1 aliphatic heterocycles. The SMILES string of the molecule is CCN(CC)S(=O)(=O)c1ccc(C(=O)O[C@@H](C)C(=O)N2[C@H](C)CCC[C@@H]2C)cc1. The number of hydrogen-bond acceptors (Lipinski definition) is 5. The van der Waals surface area contributed by atoms with Crippen LogP contribution in [0.5, 0.6) is 0 Å². The molecule has 1 heterocycles. The van der Waals surface area contributed by atoms with Crippen molar-refractivity contribution in [1.29, 1.82) is 0 Å². The molecular formula is C21H32N2O5S. The van der Waals surface area contributed by atoms with Gasteiger partial charge in [0.1, 0.15) is 0 Å². The molecule has 0 unspecified atom stereocenters. The molecule has 0 radical (unpaired) electrons. The Bertz CT molecular complexity index is 808. The topological polar surface area (TPSA) is 84.0 Å². The van der Waals surface area contributed by atoms with Gasteiger partial charge in [0.15, 0.2) is 6.10 Å². The Kier molecular flexibility index (Phi) is 7.82. The van der Waals surface area contributed by atoms with Gasteiger partial charge < -0.3 is 9.64 Å². The standard InChI is InChI=1S/C21H32N2O5S/c1-6-22(7-2)29(26,27)19-13-11-18(12-14-19)21(25)28-17(5)20(24)23-15(3)9-8-10-16(23)4/h11-17H,6-10H2,1-5H3/t15-,16+,17-/m0/s1. The summed E-state index contributed by atoms with van der Waals surface area (Å²) < 4.78 is 31.8. The molecule has 0 N–H and O–H groups in total. The zero-order chi connectivity index (χ0) is 21.8. The summed E-state index contributed by atoms with van der Waals surface area (Å²) in [6.07, 6.45) is 2.08. The number of piperidine rings is 1. The Labute approximate surface area is 174 Å². The first-order chi connectivity index (χ1) is 13.6. The molecule has 2 rings (SSSR count). The number of rotatable bonds is 7. The molecule has 162 valence electrons. The summed E-state index contributed by atoms with van der Waals surface area (Å²) in [6.45, 7) is 9.89. The molecule has 1 aliphatic rings. The van der Waals surface area contributed by atoms with Crippen LogP contribution in [0.1, 0.15) is 64.2 Å². The average Bonchev–Trinajstić information content (AvgIpc) is 2.68. The van der Waals surface area contributed by atoms with Crippen molar-refractivity contribution < 1.29 is 22.7 Å². The van der Waals surface area contributed by atoms with E-state index >= 15 is 0 Å². The minimum atomic E-state index is -3.59. The van der Waals surface area contributed by atoms with Crippen molar-refractivity contribution in [3.8, 4) is 0 Å². The van der Waals surface area contributed by atoms with Gasteiger partial charge in [0.25, 0.3) is 5.91 Å². The summed E-state index contributed by atoms with van der Waals surface area (Å²) in [6, 6.07) is 5.87. The van der Waals surface area contributed by atoms with Gasteiger partial charge in [-0.05, 0) is 64.3 Å². The van der Waals surface area contributed by atoms with Gasteiger partial charge in [0.2, 0.25) is 10.0 Å². The molecule has 8 heteroatoms. The number of sulfonamides is 1. The molecule has 1 fully saturated rings. The summed E-state index contributed by atoms with van der Waals surface area (Å²) in [5.74, 6) is -0.839. The van der Waals surface area contributed by atoms with E-state index in [1.165, 1.54) is 28.6 Å². The number of likely N-dealkylation sites (tertiary alicyclic amines) is 1. The van der Waals surface area contributed by atoms with E-state index in [1.54, 1.807) is 25.7 Å². The zero-order valence-electron chi connectivity index (χ0n) is 17.9. The van der Waals surface area contributed by atoms with Crippen molar-refractivity contribution in [1.82, 2.24) is 9.21 Å². The molecule has 0 aliphatic carbocycles. The average molecular weight is 425 g/mol. The van der Waals surface area contributed by atoms with Gasteiger partial charge in [-0.3, -0.25) is 4.79 Å². The second-order valence-corrected chi connectivity index (χ2v) is 9.47. The van der Waals surface area contributed by atoms with Crippen LogP contribution in [0, 0.1) is 0 Å². The highest BCUT2D eigenvalue weighted by molar-refractivity contribution is 7.89. The second kappa shape index (κ2) is 9.71. The lowest BCUT2D eigenvalue weighted by Crippen LogP contribution is -2.51. The largest absolute Gasteiger partial charge is 0.449 e. The summed E-state index contributed by atoms with van der Waals surface area (Å²) in [7, 11) is -3.59. The third-order valence-electron chi connectivity index (χ3n) is 5.51. The molecule has 1 aromatic rings. The Morgan fingerprint density at radius 1 is 1.10 bits per heavy atom. The maximum atomic E-state index is 12.8. The quantitative estimate of drug-likeness (QED) is 0.628. The highest BCUT2D eigenvalue weighted by Crippen LogP contribution is 2.24. The third kappa shape index (κ3) is 5.17. The maximum absolute atomic E-state index is 12.8. The van der Waals surface area contributed by atoms with Crippen molar-refractivity contribution in [2.75, 3.05) is 13.1 Å². The maximum Gasteiger partial charge on any atom is 0.338 e. The van der Waals surface area contributed by atoms with Crippen LogP contribution in [0.4, 0.5) is 0 Å². The fourth-order valence-corrected chi connectivity index (χ4v) is 5.28. The summed E-state index contributed by atoms with van der Waals surface area (Å²) in [5.41, 5.74) is 0.211. The van der Waals surface area contributed by atoms with E-state index in [0.29, 0.717) is 13.1 Å². The van der Waals surface area contributed by atoms with Crippen LogP contribution in [0.25, 0.3) is 0 Å². The minimum absolute atomic E-state index is 0.122.